The van der Waals surface area contributed by atoms with Crippen LogP contribution in [-0.4, -0.2) is 41.8 Å². The SMILES string of the molecule is CCOc1ccc(N2C(=O)CC(N(CCC3=CCCCC3)C(=O)Cc3ccccc3)C2=O)cc1. The molecule has 0 radical (unpaired) electrons. The van der Waals surface area contributed by atoms with Crippen molar-refractivity contribution >= 4 is 23.4 Å². The molecule has 1 saturated heterocycles. The van der Waals surface area contributed by atoms with Gasteiger partial charge in [-0.15, -0.1) is 0 Å². The minimum absolute atomic E-state index is 0.00558. The summed E-state index contributed by atoms with van der Waals surface area (Å²) in [6.45, 7) is 2.88. The van der Waals surface area contributed by atoms with Crippen LogP contribution in [0.2, 0.25) is 0 Å². The summed E-state index contributed by atoms with van der Waals surface area (Å²) in [5.74, 6) is -0.0635. The van der Waals surface area contributed by atoms with Crippen LogP contribution in [0.25, 0.3) is 0 Å². The normalized spacial score (nSPS) is 18.1. The number of ether oxygens (including phenoxy) is 1. The molecule has 1 heterocycles. The molecular weight excluding hydrogens is 428 g/mol. The Balaban J connectivity index is 1.54. The number of carbonyl (C=O) groups is 3. The van der Waals surface area contributed by atoms with E-state index in [0.29, 0.717) is 24.6 Å². The van der Waals surface area contributed by atoms with Gasteiger partial charge in [0.05, 0.1) is 25.1 Å². The van der Waals surface area contributed by atoms with Crippen molar-refractivity contribution in [1.82, 2.24) is 4.90 Å². The van der Waals surface area contributed by atoms with Crippen molar-refractivity contribution < 1.29 is 19.1 Å². The lowest BCUT2D eigenvalue weighted by Gasteiger charge is -2.29. The Kier molecular flexibility index (Phi) is 7.78. The van der Waals surface area contributed by atoms with E-state index >= 15 is 0 Å². The summed E-state index contributed by atoms with van der Waals surface area (Å²) < 4.78 is 5.47. The van der Waals surface area contributed by atoms with Gasteiger partial charge in [0.25, 0.3) is 5.91 Å². The average Bonchev–Trinajstić information content (AvgIpc) is 3.15. The highest BCUT2D eigenvalue weighted by Crippen LogP contribution is 2.29. The molecule has 178 valence electrons. The fourth-order valence-corrected chi connectivity index (χ4v) is 4.71. The van der Waals surface area contributed by atoms with Crippen molar-refractivity contribution in [2.45, 2.75) is 57.9 Å². The molecule has 2 aromatic carbocycles. The van der Waals surface area contributed by atoms with E-state index in [9.17, 15) is 14.4 Å². The number of hydrogen-bond acceptors (Lipinski definition) is 4. The second kappa shape index (κ2) is 11.1. The highest BCUT2D eigenvalue weighted by atomic mass is 16.5. The molecule has 1 fully saturated rings. The van der Waals surface area contributed by atoms with Gasteiger partial charge in [-0.05, 0) is 68.9 Å². The summed E-state index contributed by atoms with van der Waals surface area (Å²) >= 11 is 0. The van der Waals surface area contributed by atoms with Crippen molar-refractivity contribution in [1.29, 1.82) is 0 Å². The van der Waals surface area contributed by atoms with Crippen LogP contribution in [-0.2, 0) is 20.8 Å². The number of nitrogens with zero attached hydrogens (tertiary/aromatic N) is 2. The number of imide groups is 1. The molecule has 1 unspecified atom stereocenters. The van der Waals surface area contributed by atoms with Gasteiger partial charge in [0.1, 0.15) is 11.8 Å². The van der Waals surface area contributed by atoms with E-state index in [1.54, 1.807) is 29.2 Å². The lowest BCUT2D eigenvalue weighted by molar-refractivity contribution is -0.137. The highest BCUT2D eigenvalue weighted by Gasteiger charge is 2.44. The van der Waals surface area contributed by atoms with Gasteiger partial charge in [-0.25, -0.2) is 4.90 Å². The fraction of sp³-hybridized carbons (Fsp3) is 0.393. The van der Waals surface area contributed by atoms with Gasteiger partial charge in [0.15, 0.2) is 0 Å². The fourth-order valence-electron chi connectivity index (χ4n) is 4.71. The van der Waals surface area contributed by atoms with Crippen LogP contribution in [0.4, 0.5) is 5.69 Å². The van der Waals surface area contributed by atoms with Crippen LogP contribution in [0.15, 0.2) is 66.2 Å². The highest BCUT2D eigenvalue weighted by molar-refractivity contribution is 6.23. The first-order chi connectivity index (χ1) is 16.6. The molecule has 1 aliphatic carbocycles. The van der Waals surface area contributed by atoms with Gasteiger partial charge in [0, 0.05) is 6.54 Å². The molecular formula is C28H32N2O4. The quantitative estimate of drug-likeness (QED) is 0.403. The first-order valence-corrected chi connectivity index (χ1v) is 12.2. The van der Waals surface area contributed by atoms with E-state index < -0.39 is 6.04 Å². The van der Waals surface area contributed by atoms with Gasteiger partial charge < -0.3 is 9.64 Å². The number of rotatable bonds is 9. The van der Waals surface area contributed by atoms with E-state index in [4.69, 9.17) is 4.74 Å². The van der Waals surface area contributed by atoms with Crippen molar-refractivity contribution in [3.8, 4) is 5.75 Å². The van der Waals surface area contributed by atoms with Crippen molar-refractivity contribution in [3.63, 3.8) is 0 Å². The zero-order chi connectivity index (χ0) is 23.9. The lowest BCUT2D eigenvalue weighted by atomic mass is 9.96. The topological polar surface area (TPSA) is 66.9 Å². The van der Waals surface area contributed by atoms with Gasteiger partial charge in [-0.2, -0.15) is 0 Å². The Bertz CT molecular complexity index is 1050. The Labute approximate surface area is 201 Å². The maximum absolute atomic E-state index is 13.4. The molecule has 0 bridgehead atoms. The third-order valence-electron chi connectivity index (χ3n) is 6.48. The summed E-state index contributed by atoms with van der Waals surface area (Å²) in [5, 5.41) is 0. The second-order valence-electron chi connectivity index (χ2n) is 8.82. The third kappa shape index (κ3) is 5.56. The molecule has 2 aliphatic rings. The maximum Gasteiger partial charge on any atom is 0.257 e. The van der Waals surface area contributed by atoms with Gasteiger partial charge in [0.2, 0.25) is 11.8 Å². The first kappa shape index (κ1) is 23.7. The number of benzene rings is 2. The van der Waals surface area contributed by atoms with Crippen LogP contribution >= 0.6 is 0 Å². The average molecular weight is 461 g/mol. The summed E-state index contributed by atoms with van der Waals surface area (Å²) in [6.07, 6.45) is 7.69. The zero-order valence-corrected chi connectivity index (χ0v) is 19.7. The lowest BCUT2D eigenvalue weighted by Crippen LogP contribution is -2.46. The van der Waals surface area contributed by atoms with E-state index in [2.05, 4.69) is 6.08 Å². The van der Waals surface area contributed by atoms with Crippen LogP contribution in [0.5, 0.6) is 5.75 Å². The Hall–Kier alpha value is -3.41. The largest absolute Gasteiger partial charge is 0.494 e. The summed E-state index contributed by atoms with van der Waals surface area (Å²) in [6, 6.07) is 15.7. The number of allylic oxidation sites excluding steroid dienone is 1. The maximum atomic E-state index is 13.4. The minimum atomic E-state index is -0.778. The van der Waals surface area contributed by atoms with Crippen LogP contribution in [0, 0.1) is 0 Å². The van der Waals surface area contributed by atoms with E-state index in [0.717, 1.165) is 31.2 Å². The third-order valence-corrected chi connectivity index (χ3v) is 6.48. The van der Waals surface area contributed by atoms with Gasteiger partial charge in [-0.1, -0.05) is 42.0 Å². The molecule has 1 atom stereocenters. The molecule has 4 rings (SSSR count). The van der Waals surface area contributed by atoms with E-state index in [-0.39, 0.29) is 30.6 Å². The molecule has 0 N–H and O–H groups in total. The van der Waals surface area contributed by atoms with Crippen LogP contribution < -0.4 is 9.64 Å². The van der Waals surface area contributed by atoms with Crippen molar-refractivity contribution in [2.75, 3.05) is 18.1 Å². The second-order valence-corrected chi connectivity index (χ2v) is 8.82. The first-order valence-electron chi connectivity index (χ1n) is 12.2. The number of carbonyl (C=O) groups excluding carboxylic acids is 3. The van der Waals surface area contributed by atoms with E-state index in [1.807, 2.05) is 37.3 Å². The predicted molar refractivity (Wildman–Crippen MR) is 132 cm³/mol. The Morgan fingerprint density at radius 1 is 1.06 bits per heavy atom. The molecule has 0 aromatic heterocycles. The summed E-state index contributed by atoms with van der Waals surface area (Å²) in [7, 11) is 0. The number of amides is 3. The van der Waals surface area contributed by atoms with Crippen LogP contribution in [0.3, 0.4) is 0 Å². The molecule has 6 heteroatoms. The molecule has 6 nitrogen and oxygen atoms in total. The summed E-state index contributed by atoms with van der Waals surface area (Å²) in [5.41, 5.74) is 2.74. The smallest absolute Gasteiger partial charge is 0.257 e. The standard InChI is InChI=1S/C28H32N2O4/c1-2-34-24-15-13-23(14-16-24)30-27(32)20-25(28(30)33)29(18-17-21-9-5-3-6-10-21)26(31)19-22-11-7-4-8-12-22/h4,7-9,11-16,25H,2-3,5-6,10,17-20H2,1H3. The molecule has 0 saturated carbocycles. The predicted octanol–water partition coefficient (Wildman–Crippen LogP) is 4.68. The zero-order valence-electron chi connectivity index (χ0n) is 19.7. The monoisotopic (exact) mass is 460 g/mol. The molecule has 2 aromatic rings. The number of hydrogen-bond donors (Lipinski definition) is 0. The molecule has 3 amide bonds. The summed E-state index contributed by atoms with van der Waals surface area (Å²) in [4.78, 5) is 42.6. The van der Waals surface area contributed by atoms with Crippen molar-refractivity contribution in [2.24, 2.45) is 0 Å². The van der Waals surface area contributed by atoms with E-state index in [1.165, 1.54) is 16.9 Å². The Morgan fingerprint density at radius 2 is 1.82 bits per heavy atom. The van der Waals surface area contributed by atoms with Gasteiger partial charge in [-0.3, -0.25) is 14.4 Å². The minimum Gasteiger partial charge on any atom is -0.494 e. The molecule has 1 aliphatic heterocycles. The number of anilines is 1. The van der Waals surface area contributed by atoms with Crippen LogP contribution in [0.1, 0.15) is 51.0 Å². The van der Waals surface area contributed by atoms with Gasteiger partial charge >= 0.3 is 0 Å². The molecule has 34 heavy (non-hydrogen) atoms. The Morgan fingerprint density at radius 3 is 2.50 bits per heavy atom. The molecule has 0 spiro atoms. The van der Waals surface area contributed by atoms with Crippen molar-refractivity contribution in [3.05, 3.63) is 71.8 Å².